The van der Waals surface area contributed by atoms with Gasteiger partial charge in [-0.2, -0.15) is 0 Å². The first-order valence-corrected chi connectivity index (χ1v) is 6.50. The van der Waals surface area contributed by atoms with E-state index >= 15 is 0 Å². The smallest absolute Gasteiger partial charge is 0.239 e. The lowest BCUT2D eigenvalue weighted by Crippen LogP contribution is -2.49. The summed E-state index contributed by atoms with van der Waals surface area (Å²) in [5.74, 6) is 0.0470. The molecule has 18 heavy (non-hydrogen) atoms. The van der Waals surface area contributed by atoms with E-state index in [0.717, 1.165) is 31.5 Å². The van der Waals surface area contributed by atoms with E-state index in [1.807, 2.05) is 35.2 Å². The fourth-order valence-corrected chi connectivity index (χ4v) is 2.31. The number of carbonyl (C=O) groups is 1. The maximum atomic E-state index is 12.2. The van der Waals surface area contributed by atoms with Gasteiger partial charge in [-0.1, -0.05) is 30.3 Å². The van der Waals surface area contributed by atoms with Crippen LogP contribution in [0.25, 0.3) is 0 Å². The highest BCUT2D eigenvalue weighted by Gasteiger charge is 2.24. The van der Waals surface area contributed by atoms with Crippen molar-refractivity contribution in [3.8, 4) is 0 Å². The Morgan fingerprint density at radius 1 is 1.28 bits per heavy atom. The molecular formula is C14H21N3O. The van der Waals surface area contributed by atoms with Gasteiger partial charge in [0.2, 0.25) is 5.91 Å². The van der Waals surface area contributed by atoms with Crippen molar-refractivity contribution >= 4 is 5.91 Å². The Labute approximate surface area is 108 Å². The van der Waals surface area contributed by atoms with Crippen molar-refractivity contribution in [3.63, 3.8) is 0 Å². The first kappa shape index (κ1) is 13.1. The number of nitrogens with zero attached hydrogens (tertiary/aromatic N) is 1. The summed E-state index contributed by atoms with van der Waals surface area (Å²) in [6.07, 6.45) is 2.36. The number of piperidine rings is 1. The van der Waals surface area contributed by atoms with Crippen LogP contribution in [0.1, 0.15) is 18.4 Å². The number of rotatable bonds is 3. The van der Waals surface area contributed by atoms with Gasteiger partial charge in [0.05, 0.1) is 6.04 Å². The fraction of sp³-hybridized carbons (Fsp3) is 0.500. The number of nitrogens with two attached hydrogens (primary N) is 2. The molecule has 1 fully saturated rings. The van der Waals surface area contributed by atoms with E-state index in [1.165, 1.54) is 0 Å². The molecule has 4 nitrogen and oxygen atoms in total. The number of likely N-dealkylation sites (tertiary alicyclic amines) is 1. The second kappa shape index (κ2) is 5.98. The molecule has 1 aliphatic rings. The number of hydrogen-bond acceptors (Lipinski definition) is 3. The summed E-state index contributed by atoms with van der Waals surface area (Å²) in [5.41, 5.74) is 12.9. The average molecular weight is 247 g/mol. The van der Waals surface area contributed by atoms with Crippen LogP contribution in [0.3, 0.4) is 0 Å². The molecule has 98 valence electrons. The van der Waals surface area contributed by atoms with Crippen molar-refractivity contribution in [3.05, 3.63) is 35.9 Å². The minimum Gasteiger partial charge on any atom is -0.341 e. The zero-order valence-electron chi connectivity index (χ0n) is 10.6. The summed E-state index contributed by atoms with van der Waals surface area (Å²) in [6.45, 7) is 1.48. The Balaban J connectivity index is 1.89. The molecule has 0 aromatic heterocycles. The summed E-state index contributed by atoms with van der Waals surface area (Å²) in [4.78, 5) is 14.0. The predicted molar refractivity (Wildman–Crippen MR) is 71.9 cm³/mol. The van der Waals surface area contributed by atoms with E-state index in [2.05, 4.69) is 0 Å². The van der Waals surface area contributed by atoms with E-state index in [9.17, 15) is 4.79 Å². The zero-order valence-corrected chi connectivity index (χ0v) is 10.6. The average Bonchev–Trinajstić information content (AvgIpc) is 2.40. The van der Waals surface area contributed by atoms with Crippen LogP contribution < -0.4 is 11.5 Å². The maximum Gasteiger partial charge on any atom is 0.239 e. The van der Waals surface area contributed by atoms with Crippen molar-refractivity contribution < 1.29 is 4.79 Å². The largest absolute Gasteiger partial charge is 0.341 e. The summed E-state index contributed by atoms with van der Waals surface area (Å²) in [6, 6.07) is 9.68. The maximum absolute atomic E-state index is 12.2. The van der Waals surface area contributed by atoms with Crippen LogP contribution in [0, 0.1) is 0 Å². The molecule has 0 bridgehead atoms. The van der Waals surface area contributed by atoms with Crippen LogP contribution in [0.5, 0.6) is 0 Å². The molecule has 1 heterocycles. The Morgan fingerprint density at radius 2 is 1.89 bits per heavy atom. The van der Waals surface area contributed by atoms with Gasteiger partial charge in [-0.05, 0) is 24.8 Å². The highest BCUT2D eigenvalue weighted by Crippen LogP contribution is 2.11. The molecule has 1 atom stereocenters. The molecular weight excluding hydrogens is 226 g/mol. The van der Waals surface area contributed by atoms with E-state index in [4.69, 9.17) is 11.5 Å². The lowest BCUT2D eigenvalue weighted by Gasteiger charge is -2.32. The Bertz CT molecular complexity index is 385. The third kappa shape index (κ3) is 3.31. The predicted octanol–water partition coefficient (Wildman–Crippen LogP) is 0.506. The quantitative estimate of drug-likeness (QED) is 0.817. The Morgan fingerprint density at radius 3 is 2.50 bits per heavy atom. The van der Waals surface area contributed by atoms with Crippen LogP contribution in [0.15, 0.2) is 30.3 Å². The van der Waals surface area contributed by atoms with Gasteiger partial charge in [0, 0.05) is 19.1 Å². The molecule has 0 aliphatic carbocycles. The number of hydrogen-bond donors (Lipinski definition) is 2. The summed E-state index contributed by atoms with van der Waals surface area (Å²) in [7, 11) is 0. The minimum atomic E-state index is -0.443. The first-order valence-electron chi connectivity index (χ1n) is 6.50. The van der Waals surface area contributed by atoms with Crippen LogP contribution in [-0.2, 0) is 11.2 Å². The second-order valence-electron chi connectivity index (χ2n) is 4.96. The topological polar surface area (TPSA) is 72.3 Å². The SMILES string of the molecule is NC1CCN(C(=O)C(N)Cc2ccccc2)CC1. The zero-order chi connectivity index (χ0) is 13.0. The van der Waals surface area contributed by atoms with Crippen LogP contribution in [0.2, 0.25) is 0 Å². The Hall–Kier alpha value is -1.39. The highest BCUT2D eigenvalue weighted by molar-refractivity contribution is 5.82. The molecule has 0 radical (unpaired) electrons. The standard InChI is InChI=1S/C14H21N3O/c15-12-6-8-17(9-7-12)14(18)13(16)10-11-4-2-1-3-5-11/h1-5,12-13H,6-10,15-16H2. The molecule has 1 aromatic rings. The molecule has 1 aliphatic heterocycles. The monoisotopic (exact) mass is 247 g/mol. The number of benzene rings is 1. The van der Waals surface area contributed by atoms with Crippen molar-refractivity contribution in [2.75, 3.05) is 13.1 Å². The Kier molecular flexibility index (Phi) is 4.33. The van der Waals surface area contributed by atoms with Crippen molar-refractivity contribution in [1.29, 1.82) is 0 Å². The molecule has 4 heteroatoms. The fourth-order valence-electron chi connectivity index (χ4n) is 2.31. The van der Waals surface area contributed by atoms with Gasteiger partial charge < -0.3 is 16.4 Å². The van der Waals surface area contributed by atoms with E-state index in [-0.39, 0.29) is 11.9 Å². The van der Waals surface area contributed by atoms with Crippen LogP contribution >= 0.6 is 0 Å². The van der Waals surface area contributed by atoms with E-state index < -0.39 is 6.04 Å². The van der Waals surface area contributed by atoms with Gasteiger partial charge in [-0.25, -0.2) is 0 Å². The third-order valence-corrected chi connectivity index (χ3v) is 3.47. The summed E-state index contributed by atoms with van der Waals surface area (Å²) >= 11 is 0. The molecule has 0 saturated carbocycles. The van der Waals surface area contributed by atoms with Crippen molar-refractivity contribution in [2.45, 2.75) is 31.3 Å². The lowest BCUT2D eigenvalue weighted by molar-refractivity contribution is -0.133. The van der Waals surface area contributed by atoms with Crippen LogP contribution in [0.4, 0.5) is 0 Å². The number of amides is 1. The molecule has 1 unspecified atom stereocenters. The van der Waals surface area contributed by atoms with Gasteiger partial charge in [0.25, 0.3) is 0 Å². The van der Waals surface area contributed by atoms with E-state index in [1.54, 1.807) is 0 Å². The normalized spacial score (nSPS) is 18.7. The molecule has 2 rings (SSSR count). The van der Waals surface area contributed by atoms with Gasteiger partial charge in [0.1, 0.15) is 0 Å². The molecule has 4 N–H and O–H groups in total. The van der Waals surface area contributed by atoms with Crippen molar-refractivity contribution in [1.82, 2.24) is 4.90 Å². The van der Waals surface area contributed by atoms with Gasteiger partial charge in [0.15, 0.2) is 0 Å². The molecule has 1 amide bonds. The van der Waals surface area contributed by atoms with Gasteiger partial charge in [-0.15, -0.1) is 0 Å². The minimum absolute atomic E-state index is 0.0470. The second-order valence-corrected chi connectivity index (χ2v) is 4.96. The van der Waals surface area contributed by atoms with Gasteiger partial charge >= 0.3 is 0 Å². The lowest BCUT2D eigenvalue weighted by atomic mass is 10.0. The first-order chi connectivity index (χ1) is 8.66. The van der Waals surface area contributed by atoms with Crippen molar-refractivity contribution in [2.24, 2.45) is 11.5 Å². The number of carbonyl (C=O) groups excluding carboxylic acids is 1. The third-order valence-electron chi connectivity index (χ3n) is 3.47. The van der Waals surface area contributed by atoms with Gasteiger partial charge in [-0.3, -0.25) is 4.79 Å². The summed E-state index contributed by atoms with van der Waals surface area (Å²) < 4.78 is 0. The molecule has 0 spiro atoms. The molecule has 1 saturated heterocycles. The molecule has 1 aromatic carbocycles. The van der Waals surface area contributed by atoms with Crippen LogP contribution in [-0.4, -0.2) is 36.0 Å². The summed E-state index contributed by atoms with van der Waals surface area (Å²) in [5, 5.41) is 0. The van der Waals surface area contributed by atoms with E-state index in [0.29, 0.717) is 6.42 Å². The highest BCUT2D eigenvalue weighted by atomic mass is 16.2.